The second kappa shape index (κ2) is 9.84. The second-order valence-electron chi connectivity index (χ2n) is 5.16. The zero-order chi connectivity index (χ0) is 15.4. The van der Waals surface area contributed by atoms with Gasteiger partial charge in [0.15, 0.2) is 0 Å². The van der Waals surface area contributed by atoms with Crippen molar-refractivity contribution in [2.45, 2.75) is 19.4 Å². The predicted octanol–water partition coefficient (Wildman–Crippen LogP) is 3.14. The average Bonchev–Trinajstić information content (AvgIpc) is 3.19. The van der Waals surface area contributed by atoms with Crippen LogP contribution in [0.4, 0.5) is 0 Å². The van der Waals surface area contributed by atoms with Crippen LogP contribution in [0.25, 0.3) is 10.6 Å². The van der Waals surface area contributed by atoms with Gasteiger partial charge in [0, 0.05) is 23.5 Å². The van der Waals surface area contributed by atoms with E-state index in [4.69, 9.17) is 4.74 Å². The van der Waals surface area contributed by atoms with Crippen LogP contribution >= 0.6 is 36.2 Å². The van der Waals surface area contributed by atoms with Crippen molar-refractivity contribution in [3.63, 3.8) is 0 Å². The molecule has 8 heteroatoms. The summed E-state index contributed by atoms with van der Waals surface area (Å²) < 4.78 is 5.43. The Bertz CT molecular complexity index is 643. The summed E-state index contributed by atoms with van der Waals surface area (Å²) in [6.07, 6.45) is 0.974. The summed E-state index contributed by atoms with van der Waals surface area (Å²) in [5.74, 6) is 0.747. The molecule has 1 atom stereocenters. The van der Waals surface area contributed by atoms with Crippen LogP contribution in [0.15, 0.2) is 29.6 Å². The van der Waals surface area contributed by atoms with Gasteiger partial charge in [0.05, 0.1) is 6.61 Å². The lowest BCUT2D eigenvalue weighted by Crippen LogP contribution is -2.36. The summed E-state index contributed by atoms with van der Waals surface area (Å²) in [5, 5.41) is 8.89. The molecule has 1 aromatic heterocycles. The lowest BCUT2D eigenvalue weighted by molar-refractivity contribution is 0.0936. The number of benzene rings is 1. The Morgan fingerprint density at radius 3 is 2.75 bits per heavy atom. The summed E-state index contributed by atoms with van der Waals surface area (Å²) >= 11 is 1.48. The van der Waals surface area contributed by atoms with E-state index in [9.17, 15) is 4.79 Å². The molecule has 1 aromatic carbocycles. The van der Waals surface area contributed by atoms with Gasteiger partial charge in [-0.25, -0.2) is 4.98 Å². The molecule has 2 heterocycles. The first-order valence-corrected chi connectivity index (χ1v) is 8.34. The number of amides is 1. The fourth-order valence-corrected chi connectivity index (χ4v) is 3.21. The van der Waals surface area contributed by atoms with Gasteiger partial charge in [-0.3, -0.25) is 4.79 Å². The normalized spacial score (nSPS) is 16.0. The van der Waals surface area contributed by atoms with Gasteiger partial charge in [-0.1, -0.05) is 0 Å². The SMILES string of the molecule is CCOc1ccc(-c2nc(C(=O)NC3CCNC3)cs2)cc1.Cl.Cl. The van der Waals surface area contributed by atoms with Gasteiger partial charge in [-0.05, 0) is 44.2 Å². The van der Waals surface area contributed by atoms with E-state index < -0.39 is 0 Å². The molecule has 1 aliphatic heterocycles. The van der Waals surface area contributed by atoms with Crippen molar-refractivity contribution < 1.29 is 9.53 Å². The third kappa shape index (κ3) is 5.08. The zero-order valence-corrected chi connectivity index (χ0v) is 15.7. The van der Waals surface area contributed by atoms with E-state index in [1.807, 2.05) is 36.6 Å². The van der Waals surface area contributed by atoms with Crippen molar-refractivity contribution in [2.24, 2.45) is 0 Å². The van der Waals surface area contributed by atoms with Gasteiger partial charge in [-0.15, -0.1) is 36.2 Å². The fraction of sp³-hybridized carbons (Fsp3) is 0.375. The Labute approximate surface area is 158 Å². The monoisotopic (exact) mass is 389 g/mol. The number of aromatic nitrogens is 1. The number of rotatable bonds is 5. The lowest BCUT2D eigenvalue weighted by Gasteiger charge is -2.09. The molecule has 24 heavy (non-hydrogen) atoms. The second-order valence-corrected chi connectivity index (χ2v) is 6.02. The van der Waals surface area contributed by atoms with E-state index in [2.05, 4.69) is 15.6 Å². The Balaban J connectivity index is 0.00000144. The van der Waals surface area contributed by atoms with Gasteiger partial charge < -0.3 is 15.4 Å². The van der Waals surface area contributed by atoms with Crippen LogP contribution in [0.2, 0.25) is 0 Å². The van der Waals surface area contributed by atoms with Gasteiger partial charge in [0.2, 0.25) is 0 Å². The maximum absolute atomic E-state index is 12.2. The molecule has 0 saturated carbocycles. The number of ether oxygens (including phenoxy) is 1. The van der Waals surface area contributed by atoms with Gasteiger partial charge in [-0.2, -0.15) is 0 Å². The van der Waals surface area contributed by atoms with Crippen molar-refractivity contribution in [2.75, 3.05) is 19.7 Å². The average molecular weight is 390 g/mol. The van der Waals surface area contributed by atoms with E-state index in [0.29, 0.717) is 12.3 Å². The molecule has 2 aromatic rings. The molecule has 0 bridgehead atoms. The number of thiazole rings is 1. The molecule has 1 saturated heterocycles. The summed E-state index contributed by atoms with van der Waals surface area (Å²) in [7, 11) is 0. The molecule has 0 radical (unpaired) electrons. The maximum Gasteiger partial charge on any atom is 0.271 e. The first-order chi connectivity index (χ1) is 10.8. The Hall–Kier alpha value is -1.34. The summed E-state index contributed by atoms with van der Waals surface area (Å²) in [5.41, 5.74) is 1.48. The van der Waals surface area contributed by atoms with E-state index in [0.717, 1.165) is 35.8 Å². The number of carbonyl (C=O) groups is 1. The van der Waals surface area contributed by atoms with Crippen LogP contribution in [-0.2, 0) is 0 Å². The predicted molar refractivity (Wildman–Crippen MR) is 102 cm³/mol. The fourth-order valence-electron chi connectivity index (χ4n) is 2.41. The van der Waals surface area contributed by atoms with Crippen molar-refractivity contribution >= 4 is 42.1 Å². The molecule has 0 aliphatic carbocycles. The first-order valence-electron chi connectivity index (χ1n) is 7.46. The number of nitrogens with one attached hydrogen (secondary N) is 2. The van der Waals surface area contributed by atoms with E-state index in [1.165, 1.54) is 11.3 Å². The van der Waals surface area contributed by atoms with E-state index in [1.54, 1.807) is 0 Å². The third-order valence-corrected chi connectivity index (χ3v) is 4.44. The van der Waals surface area contributed by atoms with E-state index >= 15 is 0 Å². The van der Waals surface area contributed by atoms with Gasteiger partial charge >= 0.3 is 0 Å². The van der Waals surface area contributed by atoms with Crippen LogP contribution in [0, 0.1) is 0 Å². The maximum atomic E-state index is 12.2. The van der Waals surface area contributed by atoms with Gasteiger partial charge in [0.1, 0.15) is 16.5 Å². The molecule has 5 nitrogen and oxygen atoms in total. The summed E-state index contributed by atoms with van der Waals surface area (Å²) in [4.78, 5) is 16.6. The quantitative estimate of drug-likeness (QED) is 0.824. The highest BCUT2D eigenvalue weighted by Gasteiger charge is 2.19. The zero-order valence-electron chi connectivity index (χ0n) is 13.3. The van der Waals surface area contributed by atoms with Crippen molar-refractivity contribution in [1.82, 2.24) is 15.6 Å². The molecule has 0 spiro atoms. The number of carbonyl (C=O) groups excluding carboxylic acids is 1. The largest absolute Gasteiger partial charge is 0.494 e. The molecular formula is C16H21Cl2N3O2S. The number of hydrogen-bond acceptors (Lipinski definition) is 5. The highest BCUT2D eigenvalue weighted by atomic mass is 35.5. The number of hydrogen-bond donors (Lipinski definition) is 2. The number of halogens is 2. The van der Waals surface area contributed by atoms with Crippen LogP contribution in [0.5, 0.6) is 5.75 Å². The standard InChI is InChI=1S/C16H19N3O2S.2ClH/c1-2-21-13-5-3-11(4-6-13)16-19-14(10-22-16)15(20)18-12-7-8-17-9-12;;/h3-6,10,12,17H,2,7-9H2,1H3,(H,18,20);2*1H. The van der Waals surface area contributed by atoms with Crippen molar-refractivity contribution in [1.29, 1.82) is 0 Å². The molecule has 1 aliphatic rings. The first kappa shape index (κ1) is 20.7. The number of nitrogens with zero attached hydrogens (tertiary/aromatic N) is 1. The molecule has 132 valence electrons. The third-order valence-electron chi connectivity index (χ3n) is 3.54. The smallest absolute Gasteiger partial charge is 0.271 e. The Morgan fingerprint density at radius 2 is 2.12 bits per heavy atom. The topological polar surface area (TPSA) is 63.2 Å². The highest BCUT2D eigenvalue weighted by molar-refractivity contribution is 7.13. The lowest BCUT2D eigenvalue weighted by atomic mass is 10.2. The minimum atomic E-state index is -0.0952. The molecule has 1 fully saturated rings. The van der Waals surface area contributed by atoms with Crippen LogP contribution in [0.1, 0.15) is 23.8 Å². The summed E-state index contributed by atoms with van der Waals surface area (Å²) in [6, 6.07) is 7.98. The van der Waals surface area contributed by atoms with Crippen LogP contribution in [0.3, 0.4) is 0 Å². The van der Waals surface area contributed by atoms with Crippen LogP contribution < -0.4 is 15.4 Å². The molecule has 3 rings (SSSR count). The van der Waals surface area contributed by atoms with E-state index in [-0.39, 0.29) is 36.8 Å². The Morgan fingerprint density at radius 1 is 1.38 bits per heavy atom. The van der Waals surface area contributed by atoms with Crippen LogP contribution in [-0.4, -0.2) is 36.6 Å². The molecule has 1 unspecified atom stereocenters. The Kier molecular flexibility index (Phi) is 8.48. The highest BCUT2D eigenvalue weighted by Crippen LogP contribution is 2.25. The summed E-state index contributed by atoms with van der Waals surface area (Å²) in [6.45, 7) is 4.40. The van der Waals surface area contributed by atoms with Crippen molar-refractivity contribution in [3.05, 3.63) is 35.3 Å². The minimum Gasteiger partial charge on any atom is -0.494 e. The molecule has 2 N–H and O–H groups in total. The van der Waals surface area contributed by atoms with Crippen molar-refractivity contribution in [3.8, 4) is 16.3 Å². The minimum absolute atomic E-state index is 0. The molecule has 1 amide bonds. The molecular weight excluding hydrogens is 369 g/mol. The van der Waals surface area contributed by atoms with Gasteiger partial charge in [0.25, 0.3) is 5.91 Å².